The number of hydrogen-bond acceptors (Lipinski definition) is 3. The number of nitrogens with one attached hydrogen (secondary N) is 1. The maximum Gasteiger partial charge on any atom is 0.435 e. The van der Waals surface area contributed by atoms with Gasteiger partial charge in [0.2, 0.25) is 0 Å². The van der Waals surface area contributed by atoms with E-state index in [1.807, 2.05) is 0 Å². The fraction of sp³-hybridized carbons (Fsp3) is 0.333. The molecular formula is C24H19BrCl2F7N3O2. The highest BCUT2D eigenvalue weighted by Crippen LogP contribution is 2.54. The molecule has 0 unspecified atom stereocenters. The minimum absolute atomic E-state index is 0.0257. The number of aromatic nitrogens is 2. The van der Waals surface area contributed by atoms with E-state index in [0.717, 1.165) is 4.68 Å². The number of benzene rings is 2. The number of amides is 1. The molecule has 1 heterocycles. The van der Waals surface area contributed by atoms with E-state index in [2.05, 4.69) is 26.3 Å². The monoisotopic (exact) mass is 663 g/mol. The molecule has 212 valence electrons. The average Bonchev–Trinajstić information content (AvgIpc) is 3.24. The summed E-state index contributed by atoms with van der Waals surface area (Å²) in [5.41, 5.74) is -6.67. The van der Waals surface area contributed by atoms with E-state index in [4.69, 9.17) is 27.9 Å². The summed E-state index contributed by atoms with van der Waals surface area (Å²) < 4.78 is 99.6. The molecule has 0 aliphatic heterocycles. The van der Waals surface area contributed by atoms with Crippen molar-refractivity contribution in [2.75, 3.05) is 0 Å². The Kier molecular flexibility index (Phi) is 8.60. The van der Waals surface area contributed by atoms with Gasteiger partial charge in [-0.25, -0.2) is 13.9 Å². The fourth-order valence-electron chi connectivity index (χ4n) is 3.44. The number of alkyl carbamates (subject to hydrolysis) is 1. The van der Waals surface area contributed by atoms with E-state index in [1.165, 1.54) is 12.4 Å². The number of rotatable bonds is 5. The number of ether oxygens (including phenoxy) is 1. The molecule has 3 aromatic rings. The van der Waals surface area contributed by atoms with Gasteiger partial charge in [0.05, 0.1) is 16.9 Å². The van der Waals surface area contributed by atoms with Crippen LogP contribution in [0.1, 0.15) is 31.9 Å². The summed E-state index contributed by atoms with van der Waals surface area (Å²) in [6.07, 6.45) is -10.5. The van der Waals surface area contributed by atoms with E-state index >= 15 is 0 Å². The smallest absolute Gasteiger partial charge is 0.435 e. The van der Waals surface area contributed by atoms with Crippen molar-refractivity contribution in [1.29, 1.82) is 0 Å². The molecule has 1 N–H and O–H groups in total. The highest BCUT2D eigenvalue weighted by Gasteiger charge is 2.73. The van der Waals surface area contributed by atoms with Crippen LogP contribution in [-0.4, -0.2) is 33.8 Å². The summed E-state index contributed by atoms with van der Waals surface area (Å²) in [5.74, 6) is 0. The van der Waals surface area contributed by atoms with Crippen LogP contribution in [0.2, 0.25) is 10.0 Å². The topological polar surface area (TPSA) is 56.1 Å². The average molecular weight is 665 g/mol. The van der Waals surface area contributed by atoms with Crippen molar-refractivity contribution in [1.82, 2.24) is 15.1 Å². The molecule has 39 heavy (non-hydrogen) atoms. The summed E-state index contributed by atoms with van der Waals surface area (Å²) in [7, 11) is 0. The minimum atomic E-state index is -6.29. The Hall–Kier alpha value is -2.51. The van der Waals surface area contributed by atoms with Gasteiger partial charge in [0.1, 0.15) is 5.60 Å². The predicted molar refractivity (Wildman–Crippen MR) is 135 cm³/mol. The van der Waals surface area contributed by atoms with Crippen LogP contribution >= 0.6 is 39.1 Å². The van der Waals surface area contributed by atoms with E-state index in [-0.39, 0.29) is 22.8 Å². The molecule has 0 atom stereocenters. The molecule has 3 rings (SSSR count). The van der Waals surface area contributed by atoms with E-state index in [0.29, 0.717) is 27.8 Å². The molecule has 0 radical (unpaired) electrons. The highest BCUT2D eigenvalue weighted by molar-refractivity contribution is 9.10. The Labute approximate surface area is 236 Å². The van der Waals surface area contributed by atoms with Crippen molar-refractivity contribution in [3.05, 3.63) is 68.4 Å². The van der Waals surface area contributed by atoms with Crippen LogP contribution in [0, 0.1) is 0 Å². The normalized spacial score (nSPS) is 12.9. The molecule has 15 heteroatoms. The summed E-state index contributed by atoms with van der Waals surface area (Å²) >= 11 is 15.1. The third-order valence-corrected chi connectivity index (χ3v) is 6.47. The van der Waals surface area contributed by atoms with Gasteiger partial charge in [0.15, 0.2) is 0 Å². The van der Waals surface area contributed by atoms with Crippen molar-refractivity contribution in [2.24, 2.45) is 0 Å². The molecule has 0 aliphatic carbocycles. The van der Waals surface area contributed by atoms with Crippen LogP contribution in [0.15, 0.2) is 47.2 Å². The Bertz CT molecular complexity index is 1350. The maximum atomic E-state index is 14.5. The predicted octanol–water partition coefficient (Wildman–Crippen LogP) is 8.92. The lowest BCUT2D eigenvalue weighted by Gasteiger charge is -2.30. The molecule has 0 bridgehead atoms. The number of carbonyl (C=O) groups excluding carboxylic acids is 1. The second-order valence-electron chi connectivity index (χ2n) is 9.28. The van der Waals surface area contributed by atoms with Gasteiger partial charge in [-0.3, -0.25) is 0 Å². The Morgan fingerprint density at radius 1 is 0.974 bits per heavy atom. The molecular weight excluding hydrogens is 646 g/mol. The third-order valence-electron chi connectivity index (χ3n) is 5.21. The fourth-order valence-corrected chi connectivity index (χ4v) is 4.68. The van der Waals surface area contributed by atoms with Crippen molar-refractivity contribution in [3.63, 3.8) is 0 Å². The van der Waals surface area contributed by atoms with Crippen LogP contribution in [0.25, 0.3) is 16.8 Å². The third kappa shape index (κ3) is 6.63. The Morgan fingerprint density at radius 3 is 2.13 bits per heavy atom. The molecule has 0 saturated heterocycles. The molecule has 1 aromatic heterocycles. The van der Waals surface area contributed by atoms with E-state index in [1.54, 1.807) is 39.0 Å². The summed E-state index contributed by atoms with van der Waals surface area (Å²) in [4.78, 5) is 12.0. The van der Waals surface area contributed by atoms with Gasteiger partial charge in [-0.1, -0.05) is 29.3 Å². The van der Waals surface area contributed by atoms with Crippen molar-refractivity contribution in [3.8, 4) is 16.8 Å². The van der Waals surface area contributed by atoms with Gasteiger partial charge >= 0.3 is 24.1 Å². The zero-order valence-electron chi connectivity index (χ0n) is 20.2. The van der Waals surface area contributed by atoms with E-state index in [9.17, 15) is 35.5 Å². The van der Waals surface area contributed by atoms with Gasteiger partial charge < -0.3 is 10.1 Å². The summed E-state index contributed by atoms with van der Waals surface area (Å²) in [5, 5.41) is 6.38. The van der Waals surface area contributed by atoms with Gasteiger partial charge in [-0.05, 0) is 72.1 Å². The lowest BCUT2D eigenvalue weighted by atomic mass is 9.94. The van der Waals surface area contributed by atoms with Gasteiger partial charge in [0.25, 0.3) is 0 Å². The molecule has 0 fully saturated rings. The first-order valence-electron chi connectivity index (χ1n) is 10.9. The number of carbonyl (C=O) groups is 1. The lowest BCUT2D eigenvalue weighted by Crippen LogP contribution is -2.50. The van der Waals surface area contributed by atoms with Crippen LogP contribution in [-0.2, 0) is 17.0 Å². The first kappa shape index (κ1) is 31.0. The lowest BCUT2D eigenvalue weighted by molar-refractivity contribution is -0.348. The SMILES string of the molecule is CC(C)(C)OC(=O)NCc1cc(-c2cnn(-c3c(Cl)cc(C(F)(C(F)(F)F)C(F)(F)F)cc3Br)c2)ccc1Cl. The van der Waals surface area contributed by atoms with E-state index < -0.39 is 40.3 Å². The number of nitrogens with zero attached hydrogens (tertiary/aromatic N) is 2. The Balaban J connectivity index is 1.94. The van der Waals surface area contributed by atoms with Crippen molar-refractivity contribution in [2.45, 2.75) is 50.9 Å². The number of halogens is 10. The van der Waals surface area contributed by atoms with Gasteiger partial charge in [0, 0.05) is 33.4 Å². The minimum Gasteiger partial charge on any atom is -0.444 e. The van der Waals surface area contributed by atoms with Crippen LogP contribution in [0.3, 0.4) is 0 Å². The number of alkyl halides is 7. The molecule has 0 aliphatic rings. The Morgan fingerprint density at radius 2 is 1.59 bits per heavy atom. The van der Waals surface area contributed by atoms with Gasteiger partial charge in [-0.2, -0.15) is 31.4 Å². The highest BCUT2D eigenvalue weighted by atomic mass is 79.9. The van der Waals surface area contributed by atoms with Crippen LogP contribution in [0.4, 0.5) is 35.5 Å². The van der Waals surface area contributed by atoms with Gasteiger partial charge in [-0.15, -0.1) is 0 Å². The second kappa shape index (κ2) is 10.8. The quantitative estimate of drug-likeness (QED) is 0.277. The summed E-state index contributed by atoms with van der Waals surface area (Å²) in [6, 6.07) is 5.45. The zero-order chi connectivity index (χ0) is 29.6. The van der Waals surface area contributed by atoms with Crippen LogP contribution < -0.4 is 5.32 Å². The van der Waals surface area contributed by atoms with Crippen molar-refractivity contribution >= 4 is 45.2 Å². The first-order valence-corrected chi connectivity index (χ1v) is 12.4. The molecule has 0 spiro atoms. The maximum absolute atomic E-state index is 14.5. The zero-order valence-corrected chi connectivity index (χ0v) is 23.3. The number of hydrogen-bond donors (Lipinski definition) is 1. The molecule has 2 aromatic carbocycles. The van der Waals surface area contributed by atoms with Crippen LogP contribution in [0.5, 0.6) is 0 Å². The van der Waals surface area contributed by atoms with Crippen molar-refractivity contribution < 1.29 is 40.3 Å². The molecule has 1 amide bonds. The molecule has 5 nitrogen and oxygen atoms in total. The second-order valence-corrected chi connectivity index (χ2v) is 10.9. The summed E-state index contributed by atoms with van der Waals surface area (Å²) in [6.45, 7) is 5.14. The molecule has 0 saturated carbocycles. The standard InChI is InChI=1S/C24H19BrCl2F7N3O2/c1-21(2,3)39-20(38)35-9-13-6-12(4-5-17(13)26)14-10-36-37(11-14)19-16(25)7-15(8-18(19)27)22(28,23(29,30)31)24(32,33)34/h4-8,10-11H,9H2,1-3H3,(H,35,38). The largest absolute Gasteiger partial charge is 0.444 e. The first-order chi connectivity index (χ1) is 17.7.